The van der Waals surface area contributed by atoms with Crippen LogP contribution >= 0.6 is 0 Å². The molecule has 0 N–H and O–H groups in total. The van der Waals surface area contributed by atoms with Gasteiger partial charge in [0.05, 0.1) is 0 Å². The maximum absolute atomic E-state index is 5.06. The molecule has 0 saturated carbocycles. The Kier molecular flexibility index (Phi) is 5.40. The van der Waals surface area contributed by atoms with E-state index in [1.807, 2.05) is 0 Å². The highest BCUT2D eigenvalue weighted by Gasteiger charge is 2.21. The van der Waals surface area contributed by atoms with E-state index in [-0.39, 0.29) is 0 Å². The molecule has 31 heavy (non-hydrogen) atoms. The molecule has 5 rings (SSSR count). The van der Waals surface area contributed by atoms with Gasteiger partial charge in [-0.15, -0.1) is 0 Å². The Morgan fingerprint density at radius 3 is 1.74 bits per heavy atom. The molecule has 0 bridgehead atoms. The van der Waals surface area contributed by atoms with Crippen LogP contribution in [0, 0.1) is 6.92 Å². The summed E-state index contributed by atoms with van der Waals surface area (Å²) in [4.78, 5) is 9.95. The lowest BCUT2D eigenvalue weighted by Gasteiger charge is -2.37. The highest BCUT2D eigenvalue weighted by atomic mass is 15.3. The van der Waals surface area contributed by atoms with E-state index in [4.69, 9.17) is 4.98 Å². The monoisotopic (exact) mass is 405 g/mol. The minimum Gasteiger partial charge on any atom is -0.368 e. The molecule has 4 aromatic rings. The minimum atomic E-state index is 0.972. The zero-order chi connectivity index (χ0) is 21.0. The van der Waals surface area contributed by atoms with Gasteiger partial charge in [0, 0.05) is 43.1 Å². The zero-order valence-electron chi connectivity index (χ0n) is 17.9. The number of pyridine rings is 1. The van der Waals surface area contributed by atoms with Gasteiger partial charge in [-0.3, -0.25) is 0 Å². The van der Waals surface area contributed by atoms with Crippen LogP contribution in [0.25, 0.3) is 22.3 Å². The van der Waals surface area contributed by atoms with Crippen LogP contribution in [0.2, 0.25) is 0 Å². The number of anilines is 2. The Hall–Kier alpha value is -3.59. The van der Waals surface area contributed by atoms with Gasteiger partial charge in [-0.1, -0.05) is 78.9 Å². The topological polar surface area (TPSA) is 19.4 Å². The van der Waals surface area contributed by atoms with E-state index in [9.17, 15) is 0 Å². The van der Waals surface area contributed by atoms with Crippen LogP contribution in [-0.4, -0.2) is 31.2 Å². The van der Waals surface area contributed by atoms with E-state index in [1.54, 1.807) is 0 Å². The molecular formula is C28H27N3. The summed E-state index contributed by atoms with van der Waals surface area (Å²) in [5.41, 5.74) is 7.30. The number of benzene rings is 3. The largest absolute Gasteiger partial charge is 0.368 e. The standard InChI is InChI=1S/C28H27N3/c1-22-28(24-13-7-3-8-14-24)26(23-11-5-2-6-12-23)21-27(29-22)31-19-17-30(18-20-31)25-15-9-4-10-16-25/h2-16,21H,17-20H2,1H3. The lowest BCUT2D eigenvalue weighted by atomic mass is 9.93. The number of aryl methyl sites for hydroxylation is 1. The van der Waals surface area contributed by atoms with Crippen molar-refractivity contribution >= 4 is 11.5 Å². The first-order valence-electron chi connectivity index (χ1n) is 11.0. The van der Waals surface area contributed by atoms with E-state index in [0.717, 1.165) is 37.7 Å². The molecule has 1 aromatic heterocycles. The molecule has 0 radical (unpaired) electrons. The number of piperazine rings is 1. The van der Waals surface area contributed by atoms with Crippen molar-refractivity contribution in [2.24, 2.45) is 0 Å². The van der Waals surface area contributed by atoms with E-state index in [1.165, 1.54) is 27.9 Å². The average Bonchev–Trinajstić information content (AvgIpc) is 2.85. The Morgan fingerprint density at radius 2 is 1.13 bits per heavy atom. The Balaban J connectivity index is 1.49. The average molecular weight is 406 g/mol. The van der Waals surface area contributed by atoms with Crippen molar-refractivity contribution in [3.8, 4) is 22.3 Å². The van der Waals surface area contributed by atoms with Crippen molar-refractivity contribution in [1.82, 2.24) is 4.98 Å². The van der Waals surface area contributed by atoms with Gasteiger partial charge in [0.2, 0.25) is 0 Å². The van der Waals surface area contributed by atoms with Gasteiger partial charge in [0.1, 0.15) is 5.82 Å². The van der Waals surface area contributed by atoms with Gasteiger partial charge in [-0.2, -0.15) is 0 Å². The van der Waals surface area contributed by atoms with Crippen LogP contribution in [0.15, 0.2) is 97.1 Å². The molecule has 1 aliphatic rings. The highest BCUT2D eigenvalue weighted by molar-refractivity contribution is 5.86. The lowest BCUT2D eigenvalue weighted by Crippen LogP contribution is -2.46. The van der Waals surface area contributed by atoms with Gasteiger partial charge in [-0.25, -0.2) is 4.98 Å². The number of nitrogens with zero attached hydrogens (tertiary/aromatic N) is 3. The van der Waals surface area contributed by atoms with Crippen molar-refractivity contribution in [3.05, 3.63) is 103 Å². The number of hydrogen-bond acceptors (Lipinski definition) is 3. The Morgan fingerprint density at radius 1 is 0.613 bits per heavy atom. The maximum atomic E-state index is 5.06. The molecule has 0 atom stereocenters. The van der Waals surface area contributed by atoms with Crippen LogP contribution in [0.4, 0.5) is 11.5 Å². The Labute approximate surface area is 184 Å². The summed E-state index contributed by atoms with van der Waals surface area (Å²) in [6.45, 7) is 6.09. The summed E-state index contributed by atoms with van der Waals surface area (Å²) >= 11 is 0. The molecule has 3 aromatic carbocycles. The highest BCUT2D eigenvalue weighted by Crippen LogP contribution is 2.36. The third-order valence-electron chi connectivity index (χ3n) is 6.06. The van der Waals surface area contributed by atoms with Crippen LogP contribution in [0.1, 0.15) is 5.69 Å². The molecule has 0 aliphatic carbocycles. The fraction of sp³-hybridized carbons (Fsp3) is 0.179. The van der Waals surface area contributed by atoms with Gasteiger partial charge >= 0.3 is 0 Å². The van der Waals surface area contributed by atoms with Crippen molar-refractivity contribution < 1.29 is 0 Å². The second-order valence-corrected chi connectivity index (χ2v) is 8.03. The smallest absolute Gasteiger partial charge is 0.129 e. The SMILES string of the molecule is Cc1nc(N2CCN(c3ccccc3)CC2)cc(-c2ccccc2)c1-c1ccccc1. The summed E-state index contributed by atoms with van der Waals surface area (Å²) in [5.74, 6) is 1.07. The molecule has 1 aliphatic heterocycles. The number of aromatic nitrogens is 1. The fourth-order valence-electron chi connectivity index (χ4n) is 4.47. The van der Waals surface area contributed by atoms with E-state index >= 15 is 0 Å². The number of hydrogen-bond donors (Lipinski definition) is 0. The van der Waals surface area contributed by atoms with Gasteiger partial charge in [0.15, 0.2) is 0 Å². The molecule has 0 spiro atoms. The summed E-state index contributed by atoms with van der Waals surface area (Å²) in [7, 11) is 0. The maximum Gasteiger partial charge on any atom is 0.129 e. The van der Waals surface area contributed by atoms with Gasteiger partial charge in [0.25, 0.3) is 0 Å². The quantitative estimate of drug-likeness (QED) is 0.412. The van der Waals surface area contributed by atoms with Gasteiger partial charge in [-0.05, 0) is 41.8 Å². The van der Waals surface area contributed by atoms with Crippen LogP contribution in [0.3, 0.4) is 0 Å². The van der Waals surface area contributed by atoms with Gasteiger partial charge < -0.3 is 9.80 Å². The predicted octanol–water partition coefficient (Wildman–Crippen LogP) is 6.05. The molecule has 3 nitrogen and oxygen atoms in total. The predicted molar refractivity (Wildman–Crippen MR) is 131 cm³/mol. The van der Waals surface area contributed by atoms with Crippen molar-refractivity contribution in [2.75, 3.05) is 36.0 Å². The van der Waals surface area contributed by atoms with Crippen molar-refractivity contribution in [1.29, 1.82) is 0 Å². The third-order valence-corrected chi connectivity index (χ3v) is 6.06. The molecule has 0 amide bonds. The first kappa shape index (κ1) is 19.4. The summed E-state index contributed by atoms with van der Waals surface area (Å²) in [5, 5.41) is 0. The van der Waals surface area contributed by atoms with Crippen molar-refractivity contribution in [2.45, 2.75) is 6.92 Å². The second-order valence-electron chi connectivity index (χ2n) is 8.03. The summed E-state index contributed by atoms with van der Waals surface area (Å²) < 4.78 is 0. The Bertz CT molecular complexity index is 1130. The number of para-hydroxylation sites is 1. The molecule has 1 saturated heterocycles. The molecule has 3 heteroatoms. The molecule has 2 heterocycles. The molecule has 1 fully saturated rings. The molecular weight excluding hydrogens is 378 g/mol. The molecule has 0 unspecified atom stereocenters. The molecule has 154 valence electrons. The van der Waals surface area contributed by atoms with Crippen LogP contribution in [0.5, 0.6) is 0 Å². The lowest BCUT2D eigenvalue weighted by molar-refractivity contribution is 0.647. The first-order chi connectivity index (χ1) is 15.3. The van der Waals surface area contributed by atoms with Crippen LogP contribution < -0.4 is 9.80 Å². The minimum absolute atomic E-state index is 0.972. The van der Waals surface area contributed by atoms with E-state index in [2.05, 4.69) is 114 Å². The van der Waals surface area contributed by atoms with E-state index in [0.29, 0.717) is 0 Å². The fourth-order valence-corrected chi connectivity index (χ4v) is 4.47. The summed E-state index contributed by atoms with van der Waals surface area (Å²) in [6, 6.07) is 34.3. The first-order valence-corrected chi connectivity index (χ1v) is 11.0. The second kappa shape index (κ2) is 8.65. The van der Waals surface area contributed by atoms with Crippen LogP contribution in [-0.2, 0) is 0 Å². The normalized spacial score (nSPS) is 14.0. The van der Waals surface area contributed by atoms with E-state index < -0.39 is 0 Å². The zero-order valence-corrected chi connectivity index (χ0v) is 17.9. The number of rotatable bonds is 4. The van der Waals surface area contributed by atoms with Crippen molar-refractivity contribution in [3.63, 3.8) is 0 Å². The summed E-state index contributed by atoms with van der Waals surface area (Å²) in [6.07, 6.45) is 0. The third kappa shape index (κ3) is 4.04.